The van der Waals surface area contributed by atoms with Crippen molar-refractivity contribution < 1.29 is 9.18 Å². The fourth-order valence-corrected chi connectivity index (χ4v) is 3.85. The predicted octanol–water partition coefficient (Wildman–Crippen LogP) is 2.53. The first-order chi connectivity index (χ1) is 12.7. The Morgan fingerprint density at radius 2 is 1.62 bits per heavy atom. The fraction of sp³-hybridized carbons (Fsp3) is 0.381. The van der Waals surface area contributed by atoms with Gasteiger partial charge in [0.25, 0.3) is 0 Å². The second kappa shape index (κ2) is 7.56. The molecule has 0 aliphatic carbocycles. The number of piperazine rings is 1. The molecule has 0 aromatic heterocycles. The van der Waals surface area contributed by atoms with Crippen molar-refractivity contribution in [2.75, 3.05) is 44.2 Å². The molecule has 4 rings (SSSR count). The number of carbonyl (C=O) groups is 1. The summed E-state index contributed by atoms with van der Waals surface area (Å²) >= 11 is 0. The summed E-state index contributed by atoms with van der Waals surface area (Å²) in [4.78, 5) is 18.9. The second-order valence-corrected chi connectivity index (χ2v) is 7.10. The highest BCUT2D eigenvalue weighted by Crippen LogP contribution is 2.29. The summed E-state index contributed by atoms with van der Waals surface area (Å²) in [6.07, 6.45) is 0.317. The van der Waals surface area contributed by atoms with Gasteiger partial charge in [0.2, 0.25) is 5.91 Å². The zero-order chi connectivity index (χ0) is 17.9. The average Bonchev–Trinajstić information content (AvgIpc) is 2.96. The Bertz CT molecular complexity index is 772. The maximum atomic E-state index is 13.3. The zero-order valence-electron chi connectivity index (χ0n) is 14.9. The summed E-state index contributed by atoms with van der Waals surface area (Å²) in [5.41, 5.74) is 3.04. The van der Waals surface area contributed by atoms with Crippen molar-refractivity contribution in [1.29, 1.82) is 0 Å². The zero-order valence-corrected chi connectivity index (χ0v) is 14.9. The summed E-state index contributed by atoms with van der Waals surface area (Å²) in [5.74, 6) is -0.193. The maximum Gasteiger partial charge on any atom is 0.231 e. The molecule has 2 aromatic carbocycles. The Labute approximate surface area is 153 Å². The van der Waals surface area contributed by atoms with Crippen molar-refractivity contribution in [3.8, 4) is 0 Å². The van der Waals surface area contributed by atoms with E-state index in [1.165, 1.54) is 17.7 Å². The summed E-state index contributed by atoms with van der Waals surface area (Å²) in [6, 6.07) is 15.2. The summed E-state index contributed by atoms with van der Waals surface area (Å²) in [7, 11) is 0. The molecule has 0 saturated carbocycles. The highest BCUT2D eigenvalue weighted by Gasteiger charge is 2.28. The van der Waals surface area contributed by atoms with Gasteiger partial charge in [-0.15, -0.1) is 0 Å². The fourth-order valence-electron chi connectivity index (χ4n) is 3.85. The van der Waals surface area contributed by atoms with E-state index in [1.807, 2.05) is 11.0 Å². The van der Waals surface area contributed by atoms with Gasteiger partial charge >= 0.3 is 0 Å². The molecule has 0 radical (unpaired) electrons. The number of halogens is 1. The van der Waals surface area contributed by atoms with Crippen LogP contribution in [0, 0.1) is 5.82 Å². The Balaban J connectivity index is 1.27. The minimum atomic E-state index is -0.270. The van der Waals surface area contributed by atoms with E-state index in [9.17, 15) is 9.18 Å². The van der Waals surface area contributed by atoms with Gasteiger partial charge in [0.05, 0.1) is 6.42 Å². The Hall–Kier alpha value is -2.24. The normalized spacial score (nSPS) is 18.3. The van der Waals surface area contributed by atoms with Gasteiger partial charge < -0.3 is 4.90 Å². The van der Waals surface area contributed by atoms with Crippen LogP contribution in [0.15, 0.2) is 48.5 Å². The van der Waals surface area contributed by atoms with Gasteiger partial charge in [0, 0.05) is 51.5 Å². The van der Waals surface area contributed by atoms with Crippen molar-refractivity contribution >= 4 is 11.6 Å². The van der Waals surface area contributed by atoms with E-state index in [2.05, 4.69) is 34.1 Å². The van der Waals surface area contributed by atoms with Gasteiger partial charge in [-0.3, -0.25) is 14.6 Å². The molecule has 2 aromatic rings. The predicted molar refractivity (Wildman–Crippen MR) is 101 cm³/mol. The first kappa shape index (κ1) is 17.2. The van der Waals surface area contributed by atoms with Crippen molar-refractivity contribution in [3.63, 3.8) is 0 Å². The van der Waals surface area contributed by atoms with Crippen LogP contribution < -0.4 is 4.90 Å². The van der Waals surface area contributed by atoms with E-state index in [4.69, 9.17) is 0 Å². The molecule has 26 heavy (non-hydrogen) atoms. The van der Waals surface area contributed by atoms with Gasteiger partial charge in [-0.1, -0.05) is 30.3 Å². The van der Waals surface area contributed by atoms with Crippen LogP contribution in [0.2, 0.25) is 0 Å². The van der Waals surface area contributed by atoms with Gasteiger partial charge in [-0.25, -0.2) is 4.39 Å². The van der Waals surface area contributed by atoms with E-state index in [0.29, 0.717) is 13.0 Å². The van der Waals surface area contributed by atoms with Crippen molar-refractivity contribution in [1.82, 2.24) is 9.80 Å². The first-order valence-corrected chi connectivity index (χ1v) is 9.26. The molecule has 2 aliphatic heterocycles. The molecule has 0 unspecified atom stereocenters. The van der Waals surface area contributed by atoms with E-state index in [1.54, 1.807) is 6.07 Å². The summed E-state index contributed by atoms with van der Waals surface area (Å²) in [5, 5.41) is 0. The van der Waals surface area contributed by atoms with Crippen LogP contribution in [-0.4, -0.2) is 55.0 Å². The molecule has 1 amide bonds. The van der Waals surface area contributed by atoms with Crippen LogP contribution >= 0.6 is 0 Å². The number of hydrogen-bond donors (Lipinski definition) is 0. The first-order valence-electron chi connectivity index (χ1n) is 9.26. The second-order valence-electron chi connectivity index (χ2n) is 7.10. The van der Waals surface area contributed by atoms with Crippen LogP contribution in [-0.2, 0) is 17.8 Å². The largest absolute Gasteiger partial charge is 0.311 e. The number of amides is 1. The lowest BCUT2D eigenvalue weighted by Gasteiger charge is -2.35. The Morgan fingerprint density at radius 1 is 0.885 bits per heavy atom. The number of carbonyl (C=O) groups excluding carboxylic acids is 1. The van der Waals surface area contributed by atoms with E-state index < -0.39 is 0 Å². The molecule has 0 atom stereocenters. The third-order valence-electron chi connectivity index (χ3n) is 5.33. The van der Waals surface area contributed by atoms with Crippen LogP contribution in [0.3, 0.4) is 0 Å². The number of rotatable bonds is 5. The summed E-state index contributed by atoms with van der Waals surface area (Å²) < 4.78 is 13.3. The molecule has 1 saturated heterocycles. The highest BCUT2D eigenvalue weighted by molar-refractivity contribution is 6.01. The molecule has 5 heteroatoms. The van der Waals surface area contributed by atoms with Crippen molar-refractivity contribution in [3.05, 3.63) is 65.5 Å². The van der Waals surface area contributed by atoms with E-state index in [-0.39, 0.29) is 11.7 Å². The topological polar surface area (TPSA) is 26.8 Å². The van der Waals surface area contributed by atoms with Crippen LogP contribution in [0.5, 0.6) is 0 Å². The van der Waals surface area contributed by atoms with Crippen molar-refractivity contribution in [2.45, 2.75) is 13.0 Å². The molecule has 0 spiro atoms. The molecule has 0 N–H and O–H groups in total. The van der Waals surface area contributed by atoms with Gasteiger partial charge in [0.15, 0.2) is 0 Å². The SMILES string of the molecule is O=C1Cc2cc(F)ccc2N1CCN1CCN(Cc2ccccc2)CC1. The van der Waals surface area contributed by atoms with Gasteiger partial charge in [-0.05, 0) is 29.3 Å². The van der Waals surface area contributed by atoms with Crippen LogP contribution in [0.25, 0.3) is 0 Å². The minimum Gasteiger partial charge on any atom is -0.311 e. The number of anilines is 1. The quantitative estimate of drug-likeness (QED) is 0.827. The number of nitrogens with zero attached hydrogens (tertiary/aromatic N) is 3. The molecule has 1 fully saturated rings. The van der Waals surface area contributed by atoms with E-state index >= 15 is 0 Å². The van der Waals surface area contributed by atoms with Crippen molar-refractivity contribution in [2.24, 2.45) is 0 Å². The van der Waals surface area contributed by atoms with Gasteiger partial charge in [0.1, 0.15) is 5.82 Å². The third-order valence-corrected chi connectivity index (χ3v) is 5.33. The third kappa shape index (κ3) is 3.79. The number of benzene rings is 2. The van der Waals surface area contributed by atoms with Crippen LogP contribution in [0.4, 0.5) is 10.1 Å². The molecule has 0 bridgehead atoms. The monoisotopic (exact) mass is 353 g/mol. The van der Waals surface area contributed by atoms with Gasteiger partial charge in [-0.2, -0.15) is 0 Å². The lowest BCUT2D eigenvalue weighted by Crippen LogP contribution is -2.48. The lowest BCUT2D eigenvalue weighted by atomic mass is 10.1. The molecule has 2 aliphatic rings. The molecule has 4 nitrogen and oxygen atoms in total. The molecular formula is C21H24FN3O. The molecule has 2 heterocycles. The van der Waals surface area contributed by atoms with Crippen LogP contribution in [0.1, 0.15) is 11.1 Å². The molecule has 136 valence electrons. The maximum absolute atomic E-state index is 13.3. The molecular weight excluding hydrogens is 329 g/mol. The Morgan fingerprint density at radius 3 is 2.38 bits per heavy atom. The van der Waals surface area contributed by atoms with E-state index in [0.717, 1.165) is 50.5 Å². The number of fused-ring (bicyclic) bond motifs is 1. The average molecular weight is 353 g/mol. The standard InChI is InChI=1S/C21H24FN3O/c22-19-6-7-20-18(14-19)15-21(26)25(20)13-12-23-8-10-24(11-9-23)16-17-4-2-1-3-5-17/h1-7,14H,8-13,15-16H2. The minimum absolute atomic E-state index is 0.0771. The Kier molecular flexibility index (Phi) is 5.00. The summed E-state index contributed by atoms with van der Waals surface area (Å²) in [6.45, 7) is 6.67. The smallest absolute Gasteiger partial charge is 0.231 e. The lowest BCUT2D eigenvalue weighted by molar-refractivity contribution is -0.117. The highest BCUT2D eigenvalue weighted by atomic mass is 19.1. The number of hydrogen-bond acceptors (Lipinski definition) is 3.